The van der Waals surface area contributed by atoms with Gasteiger partial charge in [-0.25, -0.2) is 0 Å². The first kappa shape index (κ1) is 19.1. The highest BCUT2D eigenvalue weighted by Crippen LogP contribution is 2.25. The second-order valence-electron chi connectivity index (χ2n) is 5.52. The molecule has 0 saturated heterocycles. The van der Waals surface area contributed by atoms with Gasteiger partial charge in [-0.3, -0.25) is 14.9 Å². The maximum Gasteiger partial charge on any atom is 0.279 e. The Morgan fingerprint density at radius 2 is 2.04 bits per heavy atom. The summed E-state index contributed by atoms with van der Waals surface area (Å²) in [5.74, 6) is 0.291. The van der Waals surface area contributed by atoms with Gasteiger partial charge in [0, 0.05) is 12.6 Å². The summed E-state index contributed by atoms with van der Waals surface area (Å²) in [6, 6.07) is 11.5. The molecule has 2 N–H and O–H groups in total. The van der Waals surface area contributed by atoms with Crippen molar-refractivity contribution in [3.05, 3.63) is 53.4 Å². The van der Waals surface area contributed by atoms with Crippen molar-refractivity contribution in [1.29, 1.82) is 0 Å². The van der Waals surface area contributed by atoms with E-state index in [-0.39, 0.29) is 17.4 Å². The molecule has 0 aliphatic heterocycles. The molecule has 0 saturated carbocycles. The van der Waals surface area contributed by atoms with Crippen LogP contribution < -0.4 is 10.6 Å². The number of rotatable bonds is 8. The van der Waals surface area contributed by atoms with Crippen molar-refractivity contribution in [3.8, 4) is 0 Å². The number of thioether (sulfide) groups is 1. The van der Waals surface area contributed by atoms with Gasteiger partial charge in [-0.15, -0.1) is 10.2 Å². The van der Waals surface area contributed by atoms with Crippen molar-refractivity contribution in [3.63, 3.8) is 0 Å². The first-order valence-corrected chi connectivity index (χ1v) is 9.92. The molecule has 2 aromatic heterocycles. The molecule has 0 radical (unpaired) electrons. The summed E-state index contributed by atoms with van der Waals surface area (Å²) < 4.78 is 5.46. The molecule has 1 aromatic carbocycles. The Bertz CT molecular complexity index is 910. The van der Waals surface area contributed by atoms with Gasteiger partial charge >= 0.3 is 0 Å². The zero-order valence-electron chi connectivity index (χ0n) is 14.5. The van der Waals surface area contributed by atoms with E-state index in [9.17, 15) is 9.59 Å². The third kappa shape index (κ3) is 5.90. The average molecular weight is 403 g/mol. The lowest BCUT2D eigenvalue weighted by molar-refractivity contribution is -0.118. The molecule has 0 atom stereocenters. The Morgan fingerprint density at radius 3 is 2.78 bits per heavy atom. The van der Waals surface area contributed by atoms with Crippen LogP contribution in [0.15, 0.2) is 45.3 Å². The van der Waals surface area contributed by atoms with Crippen LogP contribution in [-0.2, 0) is 11.2 Å². The van der Waals surface area contributed by atoms with Gasteiger partial charge in [0.15, 0.2) is 10.0 Å². The maximum atomic E-state index is 12.0. The molecule has 8 nitrogen and oxygen atoms in total. The average Bonchev–Trinajstić information content (AvgIpc) is 3.30. The van der Waals surface area contributed by atoms with Gasteiger partial charge in [0.1, 0.15) is 5.76 Å². The molecule has 0 bridgehead atoms. The number of carbonyl (C=O) groups is 2. The van der Waals surface area contributed by atoms with Crippen LogP contribution in [-0.4, -0.2) is 39.5 Å². The molecule has 140 valence electrons. The normalized spacial score (nSPS) is 10.6. The minimum Gasteiger partial charge on any atom is -0.361 e. The van der Waals surface area contributed by atoms with Crippen molar-refractivity contribution in [2.45, 2.75) is 17.7 Å². The number of nitrogens with one attached hydrogen (secondary N) is 2. The minimum absolute atomic E-state index is 0.0743. The maximum absolute atomic E-state index is 12.0. The van der Waals surface area contributed by atoms with Gasteiger partial charge in [0.05, 0.1) is 5.75 Å². The fourth-order valence-corrected chi connectivity index (χ4v) is 3.70. The van der Waals surface area contributed by atoms with Gasteiger partial charge in [0.25, 0.3) is 5.91 Å². The fourth-order valence-electron chi connectivity index (χ4n) is 2.12. The third-order valence-corrected chi connectivity index (χ3v) is 5.36. The molecular weight excluding hydrogens is 386 g/mol. The van der Waals surface area contributed by atoms with E-state index >= 15 is 0 Å². The summed E-state index contributed by atoms with van der Waals surface area (Å²) in [5.41, 5.74) is 1.35. The van der Waals surface area contributed by atoms with E-state index in [1.807, 2.05) is 30.3 Å². The summed E-state index contributed by atoms with van der Waals surface area (Å²) in [6.45, 7) is 2.28. The number of hydrogen-bond donors (Lipinski definition) is 2. The molecule has 0 aliphatic rings. The lowest BCUT2D eigenvalue weighted by Gasteiger charge is -2.04. The predicted molar refractivity (Wildman–Crippen MR) is 103 cm³/mol. The molecule has 0 aliphatic carbocycles. The highest BCUT2D eigenvalue weighted by atomic mass is 32.2. The molecule has 0 fully saturated rings. The highest BCUT2D eigenvalue weighted by molar-refractivity contribution is 8.01. The van der Waals surface area contributed by atoms with E-state index in [4.69, 9.17) is 4.52 Å². The Labute approximate surface area is 163 Å². The molecule has 10 heteroatoms. The summed E-state index contributed by atoms with van der Waals surface area (Å²) in [6.07, 6.45) is 0.785. The summed E-state index contributed by atoms with van der Waals surface area (Å²) in [4.78, 5) is 23.9. The topological polar surface area (TPSA) is 110 Å². The van der Waals surface area contributed by atoms with Gasteiger partial charge in [-0.2, -0.15) is 0 Å². The van der Waals surface area contributed by atoms with E-state index in [0.29, 0.717) is 21.8 Å². The molecular formula is C17H17N5O3S2. The lowest BCUT2D eigenvalue weighted by Crippen LogP contribution is -2.27. The number of nitrogens with zero attached hydrogens (tertiary/aromatic N) is 3. The van der Waals surface area contributed by atoms with Crippen LogP contribution >= 0.6 is 23.1 Å². The van der Waals surface area contributed by atoms with Crippen molar-refractivity contribution in [2.24, 2.45) is 0 Å². The molecule has 0 spiro atoms. The van der Waals surface area contributed by atoms with Crippen LogP contribution in [0, 0.1) is 6.92 Å². The van der Waals surface area contributed by atoms with Crippen LogP contribution in [0.4, 0.5) is 5.13 Å². The monoisotopic (exact) mass is 403 g/mol. The Kier molecular flexibility index (Phi) is 6.55. The first-order chi connectivity index (χ1) is 13.1. The smallest absolute Gasteiger partial charge is 0.279 e. The molecule has 2 amide bonds. The van der Waals surface area contributed by atoms with Crippen molar-refractivity contribution >= 4 is 40.0 Å². The largest absolute Gasteiger partial charge is 0.361 e. The van der Waals surface area contributed by atoms with Crippen molar-refractivity contribution in [2.75, 3.05) is 17.6 Å². The van der Waals surface area contributed by atoms with Gasteiger partial charge < -0.3 is 9.84 Å². The zero-order valence-corrected chi connectivity index (χ0v) is 16.1. The van der Waals surface area contributed by atoms with Gasteiger partial charge in [-0.1, -0.05) is 58.6 Å². The number of anilines is 1. The highest BCUT2D eigenvalue weighted by Gasteiger charge is 2.14. The number of aromatic nitrogens is 3. The van der Waals surface area contributed by atoms with E-state index in [0.717, 1.165) is 6.42 Å². The summed E-state index contributed by atoms with van der Waals surface area (Å²) >= 11 is 2.47. The van der Waals surface area contributed by atoms with Gasteiger partial charge in [-0.05, 0) is 18.9 Å². The zero-order chi connectivity index (χ0) is 19.1. The minimum atomic E-state index is -0.418. The molecule has 0 unspecified atom stereocenters. The first-order valence-electron chi connectivity index (χ1n) is 8.12. The summed E-state index contributed by atoms with van der Waals surface area (Å²) in [5, 5.41) is 17.3. The third-order valence-electron chi connectivity index (χ3n) is 3.39. The Morgan fingerprint density at radius 1 is 1.22 bits per heavy atom. The van der Waals surface area contributed by atoms with Crippen molar-refractivity contribution < 1.29 is 14.1 Å². The summed E-state index contributed by atoms with van der Waals surface area (Å²) in [7, 11) is 0. The van der Waals surface area contributed by atoms with E-state index < -0.39 is 5.91 Å². The van der Waals surface area contributed by atoms with E-state index in [1.54, 1.807) is 6.92 Å². The number of amides is 2. The molecule has 2 heterocycles. The molecule has 3 rings (SSSR count). The Balaban J connectivity index is 1.40. The van der Waals surface area contributed by atoms with Crippen LogP contribution in [0.5, 0.6) is 0 Å². The van der Waals surface area contributed by atoms with E-state index in [2.05, 4.69) is 26.0 Å². The number of benzene rings is 1. The van der Waals surface area contributed by atoms with Crippen LogP contribution in [0.2, 0.25) is 0 Å². The number of aryl methyl sites for hydroxylation is 1. The second kappa shape index (κ2) is 9.28. The van der Waals surface area contributed by atoms with Crippen LogP contribution in [0.3, 0.4) is 0 Å². The SMILES string of the molecule is Cc1cc(C(=O)Nc2nnc(SCC(=O)NCCc3ccccc3)s2)no1. The van der Waals surface area contributed by atoms with Crippen LogP contribution in [0.25, 0.3) is 0 Å². The fraction of sp³-hybridized carbons (Fsp3) is 0.235. The van der Waals surface area contributed by atoms with Crippen molar-refractivity contribution in [1.82, 2.24) is 20.7 Å². The molecule has 3 aromatic rings. The van der Waals surface area contributed by atoms with E-state index in [1.165, 1.54) is 34.7 Å². The van der Waals surface area contributed by atoms with Gasteiger partial charge in [0.2, 0.25) is 11.0 Å². The quantitative estimate of drug-likeness (QED) is 0.439. The Hall–Kier alpha value is -2.72. The lowest BCUT2D eigenvalue weighted by atomic mass is 10.1. The van der Waals surface area contributed by atoms with Crippen LogP contribution in [0.1, 0.15) is 21.8 Å². The second-order valence-corrected chi connectivity index (χ2v) is 7.72. The standard InChI is InChI=1S/C17H17N5O3S2/c1-11-9-13(22-25-11)15(24)19-16-20-21-17(27-16)26-10-14(23)18-8-7-12-5-3-2-4-6-12/h2-6,9H,7-8,10H2,1H3,(H,18,23)(H,19,20,24). The number of carbonyl (C=O) groups excluding carboxylic acids is 2. The predicted octanol–water partition coefficient (Wildman–Crippen LogP) is 2.54. The number of hydrogen-bond acceptors (Lipinski definition) is 8. The molecule has 27 heavy (non-hydrogen) atoms.